The highest BCUT2D eigenvalue weighted by molar-refractivity contribution is 5.79. The largest absolute Gasteiger partial charge is 0.396 e. The zero-order valence-corrected chi connectivity index (χ0v) is 15.3. The van der Waals surface area contributed by atoms with Crippen molar-refractivity contribution in [2.24, 2.45) is 40.4 Å². The maximum atomic E-state index is 12.2. The normalized spacial score (nSPS) is 53.8. The van der Waals surface area contributed by atoms with Crippen LogP contribution in [0.4, 0.5) is 0 Å². The van der Waals surface area contributed by atoms with Crippen molar-refractivity contribution in [2.75, 3.05) is 6.61 Å². The van der Waals surface area contributed by atoms with Crippen molar-refractivity contribution >= 4 is 5.78 Å². The summed E-state index contributed by atoms with van der Waals surface area (Å²) in [6.45, 7) is 4.47. The van der Waals surface area contributed by atoms with Crippen LogP contribution in [0.1, 0.15) is 71.6 Å². The van der Waals surface area contributed by atoms with Crippen molar-refractivity contribution in [2.45, 2.75) is 77.7 Å². The van der Waals surface area contributed by atoms with Crippen molar-refractivity contribution in [3.05, 3.63) is 0 Å². The molecule has 4 aliphatic rings. The van der Waals surface area contributed by atoms with Gasteiger partial charge < -0.3 is 10.2 Å². The van der Waals surface area contributed by atoms with Gasteiger partial charge in [0, 0.05) is 12.5 Å². The quantitative estimate of drug-likeness (QED) is 0.812. The maximum absolute atomic E-state index is 12.2. The second kappa shape index (κ2) is 5.81. The molecule has 0 aliphatic heterocycles. The van der Waals surface area contributed by atoms with Gasteiger partial charge in [-0.3, -0.25) is 4.79 Å². The number of hydrogen-bond acceptors (Lipinski definition) is 3. The molecule has 0 heterocycles. The van der Waals surface area contributed by atoms with Gasteiger partial charge in [0.25, 0.3) is 0 Å². The van der Waals surface area contributed by atoms with Gasteiger partial charge in [-0.15, -0.1) is 0 Å². The Balaban J connectivity index is 1.64. The molecule has 4 aliphatic carbocycles. The standard InChI is InChI=1S/C21H34O3/c1-13(23)17-5-6-18-16-4-3-14-11-15(24)7-10-21(14,12-22)19(16)8-9-20(17,18)2/h14-19,22,24H,3-12H2,1-2H3. The van der Waals surface area contributed by atoms with Crippen LogP contribution in [0.3, 0.4) is 0 Å². The van der Waals surface area contributed by atoms with Gasteiger partial charge in [0.15, 0.2) is 0 Å². The second-order valence-corrected chi connectivity index (χ2v) is 9.76. The highest BCUT2D eigenvalue weighted by Gasteiger charge is 2.61. The summed E-state index contributed by atoms with van der Waals surface area (Å²) in [6.07, 6.45) is 9.61. The molecule has 0 aromatic carbocycles. The van der Waals surface area contributed by atoms with Crippen LogP contribution >= 0.6 is 0 Å². The summed E-state index contributed by atoms with van der Waals surface area (Å²) in [7, 11) is 0. The smallest absolute Gasteiger partial charge is 0.133 e. The van der Waals surface area contributed by atoms with Crippen molar-refractivity contribution < 1.29 is 15.0 Å². The number of rotatable bonds is 2. The van der Waals surface area contributed by atoms with E-state index in [1.165, 1.54) is 19.3 Å². The predicted molar refractivity (Wildman–Crippen MR) is 93.3 cm³/mol. The van der Waals surface area contributed by atoms with Crippen LogP contribution in [0.5, 0.6) is 0 Å². The van der Waals surface area contributed by atoms with Gasteiger partial charge in [-0.2, -0.15) is 0 Å². The summed E-state index contributed by atoms with van der Waals surface area (Å²) in [5.41, 5.74) is 0.252. The fourth-order valence-corrected chi connectivity index (χ4v) is 8.00. The second-order valence-electron chi connectivity index (χ2n) is 9.76. The van der Waals surface area contributed by atoms with E-state index in [9.17, 15) is 15.0 Å². The molecule has 8 unspecified atom stereocenters. The van der Waals surface area contributed by atoms with Crippen LogP contribution in [-0.2, 0) is 4.79 Å². The summed E-state index contributed by atoms with van der Waals surface area (Å²) in [5, 5.41) is 20.5. The van der Waals surface area contributed by atoms with Gasteiger partial charge in [-0.1, -0.05) is 6.92 Å². The molecule has 3 nitrogen and oxygen atoms in total. The van der Waals surface area contributed by atoms with Gasteiger partial charge in [-0.25, -0.2) is 0 Å². The molecule has 4 fully saturated rings. The summed E-state index contributed by atoms with van der Waals surface area (Å²) in [4.78, 5) is 12.2. The molecule has 0 aromatic heterocycles. The Bertz CT molecular complexity index is 517. The van der Waals surface area contributed by atoms with E-state index in [0.29, 0.717) is 36.1 Å². The summed E-state index contributed by atoms with van der Waals surface area (Å²) < 4.78 is 0. The molecule has 136 valence electrons. The number of ketones is 1. The Morgan fingerprint density at radius 3 is 2.54 bits per heavy atom. The van der Waals surface area contributed by atoms with Crippen molar-refractivity contribution in [1.82, 2.24) is 0 Å². The van der Waals surface area contributed by atoms with E-state index in [1.807, 2.05) is 0 Å². The Kier molecular flexibility index (Phi) is 4.12. The fourth-order valence-electron chi connectivity index (χ4n) is 8.00. The maximum Gasteiger partial charge on any atom is 0.133 e. The number of hydrogen-bond donors (Lipinski definition) is 2. The molecule has 0 saturated heterocycles. The highest BCUT2D eigenvalue weighted by atomic mass is 16.3. The van der Waals surface area contributed by atoms with Crippen LogP contribution in [0.25, 0.3) is 0 Å². The van der Waals surface area contributed by atoms with E-state index in [4.69, 9.17) is 0 Å². The Labute approximate surface area is 146 Å². The van der Waals surface area contributed by atoms with Crippen LogP contribution in [0, 0.1) is 40.4 Å². The number of aliphatic hydroxyl groups is 2. The lowest BCUT2D eigenvalue weighted by molar-refractivity contribution is -0.156. The topological polar surface area (TPSA) is 57.5 Å². The number of carbonyl (C=O) groups is 1. The monoisotopic (exact) mass is 334 g/mol. The average Bonchev–Trinajstić information content (AvgIpc) is 2.91. The van der Waals surface area contributed by atoms with E-state index in [1.54, 1.807) is 6.92 Å². The molecule has 0 radical (unpaired) electrons. The minimum Gasteiger partial charge on any atom is -0.396 e. The fraction of sp³-hybridized carbons (Fsp3) is 0.952. The molecule has 0 bridgehead atoms. The molecule has 0 spiro atoms. The third-order valence-electron chi connectivity index (χ3n) is 9.12. The molecule has 8 atom stereocenters. The summed E-state index contributed by atoms with van der Waals surface area (Å²) in [6, 6.07) is 0. The molecule has 4 saturated carbocycles. The van der Waals surface area contributed by atoms with Crippen molar-refractivity contribution in [1.29, 1.82) is 0 Å². The molecule has 4 rings (SSSR count). The van der Waals surface area contributed by atoms with Crippen LogP contribution in [0.15, 0.2) is 0 Å². The Morgan fingerprint density at radius 1 is 1.04 bits per heavy atom. The molecular weight excluding hydrogens is 300 g/mol. The van der Waals surface area contributed by atoms with E-state index in [-0.39, 0.29) is 22.9 Å². The lowest BCUT2D eigenvalue weighted by Gasteiger charge is -2.61. The van der Waals surface area contributed by atoms with Gasteiger partial charge in [0.2, 0.25) is 0 Å². The summed E-state index contributed by atoms with van der Waals surface area (Å²) in [5.74, 6) is 3.12. The molecule has 3 heteroatoms. The van der Waals surface area contributed by atoms with Crippen LogP contribution in [-0.4, -0.2) is 28.7 Å². The first-order valence-corrected chi connectivity index (χ1v) is 10.2. The Hall–Kier alpha value is -0.410. The molecule has 24 heavy (non-hydrogen) atoms. The minimum absolute atomic E-state index is 0.0534. The number of Topliss-reactive ketones (excluding diaryl/α,β-unsaturated/α-hetero) is 1. The third-order valence-corrected chi connectivity index (χ3v) is 9.12. The van der Waals surface area contributed by atoms with Crippen LogP contribution < -0.4 is 0 Å². The predicted octanol–water partition coefficient (Wildman–Crippen LogP) is 3.57. The first-order chi connectivity index (χ1) is 11.4. The SMILES string of the molecule is CC(=O)C1CCC2C3CCC4CC(O)CCC4(CO)C3CCC12C. The van der Waals surface area contributed by atoms with E-state index in [2.05, 4.69) is 6.92 Å². The van der Waals surface area contributed by atoms with Crippen LogP contribution in [0.2, 0.25) is 0 Å². The lowest BCUT2D eigenvalue weighted by atomic mass is 9.44. The van der Waals surface area contributed by atoms with E-state index >= 15 is 0 Å². The molecule has 2 N–H and O–H groups in total. The lowest BCUT2D eigenvalue weighted by Crippen LogP contribution is -2.56. The molecule has 0 amide bonds. The molecular formula is C21H34O3. The zero-order valence-electron chi connectivity index (χ0n) is 15.3. The van der Waals surface area contributed by atoms with Gasteiger partial charge in [-0.05, 0) is 99.2 Å². The van der Waals surface area contributed by atoms with E-state index in [0.717, 1.165) is 38.5 Å². The third kappa shape index (κ3) is 2.19. The van der Waals surface area contributed by atoms with Gasteiger partial charge >= 0.3 is 0 Å². The zero-order chi connectivity index (χ0) is 17.1. The average molecular weight is 335 g/mol. The van der Waals surface area contributed by atoms with Crippen molar-refractivity contribution in [3.8, 4) is 0 Å². The molecule has 0 aromatic rings. The van der Waals surface area contributed by atoms with Gasteiger partial charge in [0.05, 0.1) is 6.10 Å². The first-order valence-electron chi connectivity index (χ1n) is 10.2. The number of aliphatic hydroxyl groups excluding tert-OH is 2. The highest BCUT2D eigenvalue weighted by Crippen LogP contribution is 2.67. The number of fused-ring (bicyclic) bond motifs is 5. The summed E-state index contributed by atoms with van der Waals surface area (Å²) >= 11 is 0. The van der Waals surface area contributed by atoms with Crippen molar-refractivity contribution in [3.63, 3.8) is 0 Å². The Morgan fingerprint density at radius 2 is 1.83 bits per heavy atom. The first kappa shape index (κ1) is 17.0. The number of carbonyl (C=O) groups excluding carboxylic acids is 1. The van der Waals surface area contributed by atoms with E-state index < -0.39 is 0 Å². The minimum atomic E-state index is -0.159. The van der Waals surface area contributed by atoms with Gasteiger partial charge in [0.1, 0.15) is 5.78 Å².